The summed E-state index contributed by atoms with van der Waals surface area (Å²) in [7, 11) is 0. The number of halogens is 2. The molecule has 2 aromatic carbocycles. The summed E-state index contributed by atoms with van der Waals surface area (Å²) < 4.78 is 14.0. The van der Waals surface area contributed by atoms with Crippen molar-refractivity contribution < 1.29 is 14.0 Å². The molecule has 1 N–H and O–H groups in total. The van der Waals surface area contributed by atoms with E-state index in [0.717, 1.165) is 12.0 Å². The summed E-state index contributed by atoms with van der Waals surface area (Å²) in [6.07, 6.45) is 0.681. The predicted octanol–water partition coefficient (Wildman–Crippen LogP) is 4.35. The lowest BCUT2D eigenvalue weighted by Gasteiger charge is -2.30. The van der Waals surface area contributed by atoms with Crippen LogP contribution in [0.25, 0.3) is 0 Å². The Morgan fingerprint density at radius 3 is 2.36 bits per heavy atom. The Labute approximate surface area is 170 Å². The zero-order valence-electron chi connectivity index (χ0n) is 16.4. The van der Waals surface area contributed by atoms with Gasteiger partial charge < -0.3 is 10.2 Å². The molecular weight excluding hydrogens is 379 g/mol. The first kappa shape index (κ1) is 21.9. The van der Waals surface area contributed by atoms with E-state index in [1.807, 2.05) is 26.0 Å². The Morgan fingerprint density at radius 2 is 1.75 bits per heavy atom. The molecule has 0 spiro atoms. The largest absolute Gasteiger partial charge is 0.352 e. The van der Waals surface area contributed by atoms with Crippen molar-refractivity contribution in [1.82, 2.24) is 10.2 Å². The minimum atomic E-state index is -0.691. The second kappa shape index (κ2) is 10.2. The topological polar surface area (TPSA) is 49.4 Å². The minimum Gasteiger partial charge on any atom is -0.352 e. The summed E-state index contributed by atoms with van der Waals surface area (Å²) in [6.45, 7) is 5.81. The normalized spacial score (nSPS) is 12.9. The van der Waals surface area contributed by atoms with E-state index >= 15 is 0 Å². The van der Waals surface area contributed by atoms with Crippen LogP contribution in [0.15, 0.2) is 48.5 Å². The summed E-state index contributed by atoms with van der Waals surface area (Å²) >= 11 is 5.94. The maximum atomic E-state index is 14.0. The average Bonchev–Trinajstić information content (AvgIpc) is 2.68. The number of carbonyl (C=O) groups excluding carboxylic acids is 2. The Morgan fingerprint density at radius 1 is 1.11 bits per heavy atom. The Bertz CT molecular complexity index is 810. The summed E-state index contributed by atoms with van der Waals surface area (Å²) in [4.78, 5) is 27.1. The molecule has 0 bridgehead atoms. The highest BCUT2D eigenvalue weighted by atomic mass is 35.5. The second-order valence-electron chi connectivity index (χ2n) is 6.91. The van der Waals surface area contributed by atoms with Gasteiger partial charge in [-0.05, 0) is 49.6 Å². The van der Waals surface area contributed by atoms with Gasteiger partial charge in [0.1, 0.15) is 11.9 Å². The molecule has 0 radical (unpaired) electrons. The van der Waals surface area contributed by atoms with E-state index in [1.165, 1.54) is 11.0 Å². The van der Waals surface area contributed by atoms with Gasteiger partial charge in [0, 0.05) is 17.6 Å². The first-order valence-electron chi connectivity index (χ1n) is 9.39. The van der Waals surface area contributed by atoms with Crippen LogP contribution in [-0.4, -0.2) is 28.8 Å². The first-order chi connectivity index (χ1) is 13.3. The molecule has 0 aliphatic heterocycles. The van der Waals surface area contributed by atoms with Crippen molar-refractivity contribution >= 4 is 23.4 Å². The fraction of sp³-hybridized carbons (Fsp3) is 0.364. The number of hydrogen-bond acceptors (Lipinski definition) is 2. The molecule has 28 heavy (non-hydrogen) atoms. The molecule has 0 unspecified atom stereocenters. The highest BCUT2D eigenvalue weighted by molar-refractivity contribution is 6.30. The molecule has 2 rings (SSSR count). The van der Waals surface area contributed by atoms with Crippen LogP contribution in [0.4, 0.5) is 4.39 Å². The maximum Gasteiger partial charge on any atom is 0.242 e. The Hall–Kier alpha value is -2.40. The number of amides is 2. The third-order valence-electron chi connectivity index (χ3n) is 4.73. The van der Waals surface area contributed by atoms with Crippen molar-refractivity contribution in [3.05, 3.63) is 70.5 Å². The molecule has 0 aliphatic carbocycles. The van der Waals surface area contributed by atoms with Gasteiger partial charge in [0.15, 0.2) is 0 Å². The Kier molecular flexibility index (Phi) is 8.00. The van der Waals surface area contributed by atoms with Gasteiger partial charge in [-0.25, -0.2) is 4.39 Å². The molecule has 0 fully saturated rings. The van der Waals surface area contributed by atoms with Crippen LogP contribution in [0.3, 0.4) is 0 Å². The van der Waals surface area contributed by atoms with E-state index < -0.39 is 11.9 Å². The zero-order chi connectivity index (χ0) is 20.7. The van der Waals surface area contributed by atoms with Crippen molar-refractivity contribution in [2.24, 2.45) is 0 Å². The molecule has 2 amide bonds. The summed E-state index contributed by atoms with van der Waals surface area (Å²) in [5.74, 6) is -0.976. The highest BCUT2D eigenvalue weighted by Crippen LogP contribution is 2.16. The molecule has 0 heterocycles. The van der Waals surface area contributed by atoms with E-state index in [9.17, 15) is 14.0 Å². The van der Waals surface area contributed by atoms with Crippen molar-refractivity contribution in [3.8, 4) is 0 Å². The van der Waals surface area contributed by atoms with Crippen molar-refractivity contribution in [1.29, 1.82) is 0 Å². The van der Waals surface area contributed by atoms with E-state index in [0.29, 0.717) is 10.6 Å². The van der Waals surface area contributed by atoms with Crippen LogP contribution in [0, 0.1) is 5.82 Å². The minimum absolute atomic E-state index is 0.00833. The van der Waals surface area contributed by atoms with Crippen LogP contribution in [0.2, 0.25) is 5.02 Å². The number of hydrogen-bond donors (Lipinski definition) is 1. The molecule has 0 saturated carbocycles. The monoisotopic (exact) mass is 404 g/mol. The van der Waals surface area contributed by atoms with E-state index in [2.05, 4.69) is 5.32 Å². The van der Waals surface area contributed by atoms with Crippen molar-refractivity contribution in [3.63, 3.8) is 0 Å². The number of benzene rings is 2. The van der Waals surface area contributed by atoms with Crippen LogP contribution in [-0.2, 0) is 22.6 Å². The molecule has 0 aromatic heterocycles. The number of rotatable bonds is 8. The number of carbonyl (C=O) groups is 2. The van der Waals surface area contributed by atoms with Gasteiger partial charge >= 0.3 is 0 Å². The molecule has 0 aliphatic rings. The molecular formula is C22H26ClFN2O2. The van der Waals surface area contributed by atoms with E-state index in [-0.39, 0.29) is 30.8 Å². The summed E-state index contributed by atoms with van der Waals surface area (Å²) in [6, 6.07) is 12.6. The zero-order valence-corrected chi connectivity index (χ0v) is 17.2. The van der Waals surface area contributed by atoms with E-state index in [4.69, 9.17) is 11.6 Å². The highest BCUT2D eigenvalue weighted by Gasteiger charge is 2.27. The molecule has 0 saturated heterocycles. The van der Waals surface area contributed by atoms with Gasteiger partial charge in [-0.2, -0.15) is 0 Å². The lowest BCUT2D eigenvalue weighted by molar-refractivity contribution is -0.140. The van der Waals surface area contributed by atoms with Crippen LogP contribution < -0.4 is 5.32 Å². The third-order valence-corrected chi connectivity index (χ3v) is 4.99. The average molecular weight is 405 g/mol. The van der Waals surface area contributed by atoms with Gasteiger partial charge in [-0.3, -0.25) is 9.59 Å². The molecule has 150 valence electrons. The molecule has 4 nitrogen and oxygen atoms in total. The second-order valence-corrected chi connectivity index (χ2v) is 7.35. The maximum absolute atomic E-state index is 14.0. The van der Waals surface area contributed by atoms with Crippen molar-refractivity contribution in [2.75, 3.05) is 0 Å². The number of nitrogens with zero attached hydrogens (tertiary/aromatic N) is 1. The molecule has 2 atom stereocenters. The molecule has 6 heteroatoms. The fourth-order valence-electron chi connectivity index (χ4n) is 2.74. The van der Waals surface area contributed by atoms with Crippen molar-refractivity contribution in [2.45, 2.75) is 52.2 Å². The Balaban J connectivity index is 2.23. The van der Waals surface area contributed by atoms with Gasteiger partial charge in [-0.1, -0.05) is 48.9 Å². The van der Waals surface area contributed by atoms with Gasteiger partial charge in [0.2, 0.25) is 11.8 Å². The van der Waals surface area contributed by atoms with Gasteiger partial charge in [-0.15, -0.1) is 0 Å². The lowest BCUT2D eigenvalue weighted by Crippen LogP contribution is -2.49. The quantitative estimate of drug-likeness (QED) is 0.710. The SMILES string of the molecule is CC[C@H](C)NC(=O)[C@H](C)N(Cc1ccc(Cl)cc1)C(=O)Cc1ccccc1F. The smallest absolute Gasteiger partial charge is 0.242 e. The lowest BCUT2D eigenvalue weighted by atomic mass is 10.1. The predicted molar refractivity (Wildman–Crippen MR) is 109 cm³/mol. The first-order valence-corrected chi connectivity index (χ1v) is 9.77. The number of nitrogens with one attached hydrogen (secondary N) is 1. The fourth-order valence-corrected chi connectivity index (χ4v) is 2.87. The van der Waals surface area contributed by atoms with Crippen LogP contribution in [0.1, 0.15) is 38.3 Å². The van der Waals surface area contributed by atoms with Crippen LogP contribution >= 0.6 is 11.6 Å². The van der Waals surface area contributed by atoms with Gasteiger partial charge in [0.05, 0.1) is 6.42 Å². The molecule has 2 aromatic rings. The van der Waals surface area contributed by atoms with Gasteiger partial charge in [0.25, 0.3) is 0 Å². The summed E-state index contributed by atoms with van der Waals surface area (Å²) in [5.41, 5.74) is 1.15. The van der Waals surface area contributed by atoms with E-state index in [1.54, 1.807) is 37.3 Å². The van der Waals surface area contributed by atoms with Crippen LogP contribution in [0.5, 0.6) is 0 Å². The standard InChI is InChI=1S/C22H26ClFN2O2/c1-4-15(2)25-22(28)16(3)26(14-17-9-11-19(23)12-10-17)21(27)13-18-7-5-6-8-20(18)24/h5-12,15-16H,4,13-14H2,1-3H3,(H,25,28)/t15-,16-/m0/s1. The third kappa shape index (κ3) is 6.06. The summed E-state index contributed by atoms with van der Waals surface area (Å²) in [5, 5.41) is 3.50.